The molecule has 132 valence electrons. The lowest BCUT2D eigenvalue weighted by Gasteiger charge is -2.31. The van der Waals surface area contributed by atoms with Crippen molar-refractivity contribution in [2.75, 3.05) is 19.7 Å². The summed E-state index contributed by atoms with van der Waals surface area (Å²) < 4.78 is 11.4. The summed E-state index contributed by atoms with van der Waals surface area (Å²) in [6.07, 6.45) is 5.07. The van der Waals surface area contributed by atoms with Gasteiger partial charge in [-0.25, -0.2) is 9.97 Å². The second kappa shape index (κ2) is 7.96. The highest BCUT2D eigenvalue weighted by molar-refractivity contribution is 5.77. The van der Waals surface area contributed by atoms with Gasteiger partial charge < -0.3 is 14.4 Å². The van der Waals surface area contributed by atoms with Gasteiger partial charge in [-0.3, -0.25) is 4.79 Å². The summed E-state index contributed by atoms with van der Waals surface area (Å²) in [4.78, 5) is 22.5. The molecule has 0 atom stereocenters. The fourth-order valence-corrected chi connectivity index (χ4v) is 2.76. The molecule has 0 spiro atoms. The van der Waals surface area contributed by atoms with Crippen LogP contribution in [-0.2, 0) is 4.79 Å². The smallest absolute Gasteiger partial charge is 0.316 e. The number of aryl methyl sites for hydroxylation is 2. The molecule has 0 saturated carbocycles. The lowest BCUT2D eigenvalue weighted by atomic mass is 10.1. The molecule has 0 radical (unpaired) electrons. The van der Waals surface area contributed by atoms with E-state index >= 15 is 0 Å². The van der Waals surface area contributed by atoms with Crippen molar-refractivity contribution in [1.82, 2.24) is 14.9 Å². The minimum absolute atomic E-state index is 0.00767. The number of aromatic nitrogens is 2. The topological polar surface area (TPSA) is 64.5 Å². The van der Waals surface area contributed by atoms with Gasteiger partial charge in [0.1, 0.15) is 11.9 Å². The zero-order valence-electron chi connectivity index (χ0n) is 14.6. The molecular weight excluding hydrogens is 318 g/mol. The molecule has 1 fully saturated rings. The maximum Gasteiger partial charge on any atom is 0.316 e. The summed E-state index contributed by atoms with van der Waals surface area (Å²) in [7, 11) is 0. The molecule has 1 amide bonds. The number of piperidine rings is 1. The number of nitrogens with zero attached hydrogens (tertiary/aromatic N) is 3. The van der Waals surface area contributed by atoms with Crippen LogP contribution >= 0.6 is 0 Å². The minimum Gasteiger partial charge on any atom is -0.484 e. The monoisotopic (exact) mass is 341 g/mol. The molecule has 2 aromatic rings. The van der Waals surface area contributed by atoms with Gasteiger partial charge in [0.2, 0.25) is 0 Å². The maximum absolute atomic E-state index is 12.3. The highest BCUT2D eigenvalue weighted by Gasteiger charge is 2.24. The lowest BCUT2D eigenvalue weighted by molar-refractivity contribution is -0.135. The Kier molecular flexibility index (Phi) is 5.48. The lowest BCUT2D eigenvalue weighted by Crippen LogP contribution is -2.43. The van der Waals surface area contributed by atoms with Crippen LogP contribution in [0.2, 0.25) is 0 Å². The summed E-state index contributed by atoms with van der Waals surface area (Å²) in [6.45, 7) is 5.29. The number of rotatable bonds is 5. The molecule has 1 saturated heterocycles. The fourth-order valence-electron chi connectivity index (χ4n) is 2.76. The van der Waals surface area contributed by atoms with Gasteiger partial charge in [0, 0.05) is 38.3 Å². The molecule has 0 aliphatic carbocycles. The van der Waals surface area contributed by atoms with Crippen molar-refractivity contribution in [2.24, 2.45) is 0 Å². The molecule has 1 aliphatic rings. The molecule has 0 unspecified atom stereocenters. The summed E-state index contributed by atoms with van der Waals surface area (Å²) in [6, 6.07) is 8.10. The molecule has 0 N–H and O–H groups in total. The van der Waals surface area contributed by atoms with E-state index in [4.69, 9.17) is 9.47 Å². The number of hydrogen-bond donors (Lipinski definition) is 0. The Morgan fingerprint density at radius 3 is 2.52 bits per heavy atom. The number of ether oxygens (including phenoxy) is 2. The minimum atomic E-state index is 0.00767. The zero-order valence-corrected chi connectivity index (χ0v) is 14.6. The Morgan fingerprint density at radius 2 is 1.84 bits per heavy atom. The first-order valence-electron chi connectivity index (χ1n) is 8.53. The second-order valence-corrected chi connectivity index (χ2v) is 6.30. The first-order chi connectivity index (χ1) is 12.1. The van der Waals surface area contributed by atoms with Crippen molar-refractivity contribution in [3.8, 4) is 11.8 Å². The fraction of sp³-hybridized carbons (Fsp3) is 0.421. The predicted octanol–water partition coefficient (Wildman–Crippen LogP) is 2.54. The molecule has 6 heteroatoms. The van der Waals surface area contributed by atoms with E-state index in [0.29, 0.717) is 19.1 Å². The van der Waals surface area contributed by atoms with Gasteiger partial charge >= 0.3 is 6.01 Å². The summed E-state index contributed by atoms with van der Waals surface area (Å²) in [5.41, 5.74) is 2.03. The third-order valence-corrected chi connectivity index (χ3v) is 4.27. The predicted molar refractivity (Wildman–Crippen MR) is 93.7 cm³/mol. The van der Waals surface area contributed by atoms with E-state index < -0.39 is 0 Å². The first kappa shape index (κ1) is 17.2. The number of likely N-dealkylation sites (tertiary alicyclic amines) is 1. The van der Waals surface area contributed by atoms with Crippen molar-refractivity contribution in [3.05, 3.63) is 47.8 Å². The van der Waals surface area contributed by atoms with Crippen LogP contribution in [0.25, 0.3) is 0 Å². The molecular formula is C19H23N3O3. The van der Waals surface area contributed by atoms with E-state index in [-0.39, 0.29) is 18.6 Å². The SMILES string of the molecule is Cc1cnc(OC2CCN(C(=O)COc3ccccc3C)CC2)nc1. The number of benzene rings is 1. The summed E-state index contributed by atoms with van der Waals surface area (Å²) in [5.74, 6) is 0.763. The Morgan fingerprint density at radius 1 is 1.16 bits per heavy atom. The highest BCUT2D eigenvalue weighted by Crippen LogP contribution is 2.18. The first-order valence-corrected chi connectivity index (χ1v) is 8.53. The average molecular weight is 341 g/mol. The van der Waals surface area contributed by atoms with Crippen LogP contribution in [0.4, 0.5) is 0 Å². The van der Waals surface area contributed by atoms with Gasteiger partial charge in [-0.2, -0.15) is 0 Å². The van der Waals surface area contributed by atoms with Crippen molar-refractivity contribution < 1.29 is 14.3 Å². The Hall–Kier alpha value is -2.63. The Labute approximate surface area is 147 Å². The van der Waals surface area contributed by atoms with Gasteiger partial charge in [-0.1, -0.05) is 18.2 Å². The highest BCUT2D eigenvalue weighted by atomic mass is 16.5. The Balaban J connectivity index is 1.44. The number of amides is 1. The van der Waals surface area contributed by atoms with E-state index in [1.54, 1.807) is 12.4 Å². The molecule has 25 heavy (non-hydrogen) atoms. The van der Waals surface area contributed by atoms with Gasteiger partial charge in [-0.05, 0) is 31.0 Å². The molecule has 6 nitrogen and oxygen atoms in total. The second-order valence-electron chi connectivity index (χ2n) is 6.30. The van der Waals surface area contributed by atoms with Gasteiger partial charge in [0.25, 0.3) is 5.91 Å². The third kappa shape index (κ3) is 4.68. The number of hydrogen-bond acceptors (Lipinski definition) is 5. The standard InChI is InChI=1S/C19H23N3O3/c1-14-11-20-19(21-12-14)25-16-7-9-22(10-8-16)18(23)13-24-17-6-4-3-5-15(17)2/h3-6,11-12,16H,7-10,13H2,1-2H3. The van der Waals surface area contributed by atoms with Gasteiger partial charge in [0.15, 0.2) is 6.61 Å². The number of para-hydroxylation sites is 1. The number of carbonyl (C=O) groups is 1. The van der Waals surface area contributed by atoms with E-state index in [0.717, 1.165) is 29.7 Å². The van der Waals surface area contributed by atoms with Crippen LogP contribution in [0.5, 0.6) is 11.8 Å². The molecule has 1 aromatic heterocycles. The van der Waals surface area contributed by atoms with Crippen LogP contribution in [0, 0.1) is 13.8 Å². The zero-order chi connectivity index (χ0) is 17.6. The van der Waals surface area contributed by atoms with Crippen LogP contribution in [-0.4, -0.2) is 46.6 Å². The summed E-state index contributed by atoms with van der Waals surface area (Å²) >= 11 is 0. The van der Waals surface area contributed by atoms with Crippen LogP contribution in [0.15, 0.2) is 36.7 Å². The molecule has 3 rings (SSSR count). The maximum atomic E-state index is 12.3. The third-order valence-electron chi connectivity index (χ3n) is 4.27. The average Bonchev–Trinajstić information content (AvgIpc) is 2.63. The van der Waals surface area contributed by atoms with E-state index in [1.807, 2.05) is 43.0 Å². The van der Waals surface area contributed by atoms with Crippen molar-refractivity contribution in [3.63, 3.8) is 0 Å². The number of carbonyl (C=O) groups excluding carboxylic acids is 1. The molecule has 0 bridgehead atoms. The van der Waals surface area contributed by atoms with Crippen LogP contribution in [0.3, 0.4) is 0 Å². The van der Waals surface area contributed by atoms with Gasteiger partial charge in [-0.15, -0.1) is 0 Å². The van der Waals surface area contributed by atoms with Crippen molar-refractivity contribution in [1.29, 1.82) is 0 Å². The van der Waals surface area contributed by atoms with E-state index in [9.17, 15) is 4.79 Å². The summed E-state index contributed by atoms with van der Waals surface area (Å²) in [5, 5.41) is 0. The van der Waals surface area contributed by atoms with Crippen molar-refractivity contribution in [2.45, 2.75) is 32.8 Å². The van der Waals surface area contributed by atoms with Crippen LogP contribution in [0.1, 0.15) is 24.0 Å². The quantitative estimate of drug-likeness (QED) is 0.836. The largest absolute Gasteiger partial charge is 0.484 e. The van der Waals surface area contributed by atoms with E-state index in [2.05, 4.69) is 9.97 Å². The molecule has 2 heterocycles. The van der Waals surface area contributed by atoms with Crippen LogP contribution < -0.4 is 9.47 Å². The van der Waals surface area contributed by atoms with Gasteiger partial charge in [0.05, 0.1) is 0 Å². The van der Waals surface area contributed by atoms with Crippen molar-refractivity contribution >= 4 is 5.91 Å². The van der Waals surface area contributed by atoms with E-state index in [1.165, 1.54) is 0 Å². The molecule has 1 aromatic carbocycles. The normalized spacial score (nSPS) is 15.0. The Bertz CT molecular complexity index is 710. The molecule has 1 aliphatic heterocycles.